The lowest BCUT2D eigenvalue weighted by Crippen LogP contribution is -2.20. The van der Waals surface area contributed by atoms with Crippen LogP contribution in [0.1, 0.15) is 27.0 Å². The van der Waals surface area contributed by atoms with Gasteiger partial charge in [0.2, 0.25) is 10.0 Å². The van der Waals surface area contributed by atoms with E-state index in [4.69, 9.17) is 0 Å². The van der Waals surface area contributed by atoms with Gasteiger partial charge in [0.15, 0.2) is 0 Å². The molecule has 0 aliphatic carbocycles. The Kier molecular flexibility index (Phi) is 4.87. The highest BCUT2D eigenvalue weighted by atomic mass is 32.2. The van der Waals surface area contributed by atoms with Gasteiger partial charge in [-0.1, -0.05) is 12.1 Å². The molecule has 23 heavy (non-hydrogen) atoms. The van der Waals surface area contributed by atoms with Gasteiger partial charge in [-0.2, -0.15) is 0 Å². The van der Waals surface area contributed by atoms with Gasteiger partial charge in [-0.3, -0.25) is 4.79 Å². The number of amides is 1. The molecule has 0 spiro atoms. The molecule has 0 unspecified atom stereocenters. The van der Waals surface area contributed by atoms with Crippen molar-refractivity contribution >= 4 is 21.6 Å². The summed E-state index contributed by atoms with van der Waals surface area (Å²) in [6.07, 6.45) is 0. The van der Waals surface area contributed by atoms with Gasteiger partial charge >= 0.3 is 0 Å². The molecule has 6 heteroatoms. The summed E-state index contributed by atoms with van der Waals surface area (Å²) in [6.45, 7) is 5.67. The Morgan fingerprint density at radius 1 is 0.957 bits per heavy atom. The smallest absolute Gasteiger partial charge is 0.255 e. The van der Waals surface area contributed by atoms with Crippen molar-refractivity contribution in [3.8, 4) is 0 Å². The van der Waals surface area contributed by atoms with E-state index in [9.17, 15) is 13.2 Å². The lowest BCUT2D eigenvalue weighted by molar-refractivity contribution is 0.102. The number of nitrogens with one attached hydrogen (secondary N) is 2. The van der Waals surface area contributed by atoms with E-state index in [0.29, 0.717) is 16.8 Å². The maximum absolute atomic E-state index is 12.5. The second-order valence-electron chi connectivity index (χ2n) is 5.51. The van der Waals surface area contributed by atoms with E-state index in [-0.39, 0.29) is 10.8 Å². The number of rotatable bonds is 4. The van der Waals surface area contributed by atoms with Crippen LogP contribution in [0.15, 0.2) is 41.3 Å². The lowest BCUT2D eigenvalue weighted by atomic mass is 10.1. The molecule has 0 aliphatic rings. The predicted octanol–water partition coefficient (Wildman–Crippen LogP) is 2.77. The molecule has 0 saturated carbocycles. The van der Waals surface area contributed by atoms with E-state index in [2.05, 4.69) is 10.0 Å². The Hall–Kier alpha value is -2.18. The SMILES string of the molecule is CNS(=O)(=O)c1ccc(C)c(C(=O)Nc2cc(C)cc(C)c2)c1. The quantitative estimate of drug-likeness (QED) is 0.904. The number of benzene rings is 2. The average Bonchev–Trinajstić information content (AvgIpc) is 2.46. The van der Waals surface area contributed by atoms with Gasteiger partial charge in [0.1, 0.15) is 0 Å². The largest absolute Gasteiger partial charge is 0.322 e. The molecule has 0 fully saturated rings. The van der Waals surface area contributed by atoms with E-state index in [1.165, 1.54) is 19.2 Å². The van der Waals surface area contributed by atoms with Crippen LogP contribution in [0, 0.1) is 20.8 Å². The van der Waals surface area contributed by atoms with Crippen molar-refractivity contribution in [3.05, 3.63) is 58.7 Å². The first-order valence-corrected chi connectivity index (χ1v) is 8.65. The van der Waals surface area contributed by atoms with Gasteiger partial charge in [0.05, 0.1) is 4.90 Å². The second kappa shape index (κ2) is 6.52. The highest BCUT2D eigenvalue weighted by Gasteiger charge is 2.16. The van der Waals surface area contributed by atoms with Gasteiger partial charge in [0, 0.05) is 11.3 Å². The van der Waals surface area contributed by atoms with Crippen molar-refractivity contribution in [3.63, 3.8) is 0 Å². The molecule has 0 atom stereocenters. The molecule has 0 bridgehead atoms. The van der Waals surface area contributed by atoms with E-state index in [0.717, 1.165) is 11.1 Å². The summed E-state index contributed by atoms with van der Waals surface area (Å²) in [5.41, 5.74) is 3.82. The van der Waals surface area contributed by atoms with Crippen molar-refractivity contribution < 1.29 is 13.2 Å². The Bertz CT molecular complexity index is 838. The second-order valence-corrected chi connectivity index (χ2v) is 7.40. The van der Waals surface area contributed by atoms with E-state index in [1.54, 1.807) is 13.0 Å². The maximum Gasteiger partial charge on any atom is 0.255 e. The molecular formula is C17H20N2O3S. The average molecular weight is 332 g/mol. The van der Waals surface area contributed by atoms with Crippen LogP contribution in [0.3, 0.4) is 0 Å². The van der Waals surface area contributed by atoms with Crippen molar-refractivity contribution in [1.82, 2.24) is 4.72 Å². The van der Waals surface area contributed by atoms with Gasteiger partial charge in [-0.15, -0.1) is 0 Å². The van der Waals surface area contributed by atoms with Gasteiger partial charge in [-0.05, 0) is 68.8 Å². The molecule has 0 aromatic heterocycles. The minimum absolute atomic E-state index is 0.0659. The zero-order valence-electron chi connectivity index (χ0n) is 13.6. The van der Waals surface area contributed by atoms with Crippen LogP contribution in [0.4, 0.5) is 5.69 Å². The molecular weight excluding hydrogens is 312 g/mol. The van der Waals surface area contributed by atoms with Crippen LogP contribution in [0.2, 0.25) is 0 Å². The lowest BCUT2D eigenvalue weighted by Gasteiger charge is -2.11. The third-order valence-corrected chi connectivity index (χ3v) is 4.92. The van der Waals surface area contributed by atoms with Crippen LogP contribution in [0.5, 0.6) is 0 Å². The highest BCUT2D eigenvalue weighted by molar-refractivity contribution is 7.89. The monoisotopic (exact) mass is 332 g/mol. The molecule has 1 amide bonds. The molecule has 2 rings (SSSR count). The fourth-order valence-corrected chi connectivity index (χ4v) is 3.13. The Balaban J connectivity index is 2.37. The number of aryl methyl sites for hydroxylation is 3. The molecule has 2 aromatic carbocycles. The van der Waals surface area contributed by atoms with Gasteiger partial charge in [0.25, 0.3) is 5.91 Å². The fourth-order valence-electron chi connectivity index (χ4n) is 2.38. The normalized spacial score (nSPS) is 11.3. The number of hydrogen-bond donors (Lipinski definition) is 2. The van der Waals surface area contributed by atoms with Crippen molar-refractivity contribution in [1.29, 1.82) is 0 Å². The number of anilines is 1. The first kappa shape index (κ1) is 17.2. The Morgan fingerprint density at radius 3 is 2.13 bits per heavy atom. The Labute approximate surface area is 136 Å². The van der Waals surface area contributed by atoms with E-state index >= 15 is 0 Å². The fraction of sp³-hybridized carbons (Fsp3) is 0.235. The Morgan fingerprint density at radius 2 is 1.57 bits per heavy atom. The molecule has 122 valence electrons. The van der Waals surface area contributed by atoms with Crippen LogP contribution in [-0.2, 0) is 10.0 Å². The summed E-state index contributed by atoms with van der Waals surface area (Å²) in [5, 5.41) is 2.82. The number of carbonyl (C=O) groups is 1. The predicted molar refractivity (Wildman–Crippen MR) is 91.3 cm³/mol. The molecule has 5 nitrogen and oxygen atoms in total. The summed E-state index contributed by atoms with van der Waals surface area (Å²) in [4.78, 5) is 12.6. The topological polar surface area (TPSA) is 75.3 Å². The summed E-state index contributed by atoms with van der Waals surface area (Å²) in [7, 11) is -2.25. The highest BCUT2D eigenvalue weighted by Crippen LogP contribution is 2.19. The number of hydrogen-bond acceptors (Lipinski definition) is 3. The first-order chi connectivity index (χ1) is 10.7. The molecule has 2 N–H and O–H groups in total. The molecule has 0 saturated heterocycles. The van der Waals surface area contributed by atoms with Crippen molar-refractivity contribution in [2.75, 3.05) is 12.4 Å². The summed E-state index contributed by atoms with van der Waals surface area (Å²) in [5.74, 6) is -0.333. The van der Waals surface area contributed by atoms with Crippen LogP contribution in [0.25, 0.3) is 0 Å². The standard InChI is InChI=1S/C17H20N2O3S/c1-11-7-12(2)9-14(8-11)19-17(20)16-10-15(6-5-13(16)3)23(21,22)18-4/h5-10,18H,1-4H3,(H,19,20). The molecule has 0 radical (unpaired) electrons. The van der Waals surface area contributed by atoms with Crippen LogP contribution < -0.4 is 10.0 Å². The minimum Gasteiger partial charge on any atom is -0.322 e. The van der Waals surface area contributed by atoms with Crippen LogP contribution >= 0.6 is 0 Å². The minimum atomic E-state index is -3.59. The summed E-state index contributed by atoms with van der Waals surface area (Å²) >= 11 is 0. The maximum atomic E-state index is 12.5. The van der Waals surface area contributed by atoms with Crippen molar-refractivity contribution in [2.24, 2.45) is 0 Å². The molecule has 0 aliphatic heterocycles. The number of sulfonamides is 1. The molecule has 0 heterocycles. The summed E-state index contributed by atoms with van der Waals surface area (Å²) in [6, 6.07) is 10.2. The first-order valence-electron chi connectivity index (χ1n) is 7.17. The van der Waals surface area contributed by atoms with Gasteiger partial charge < -0.3 is 5.32 Å². The summed E-state index contributed by atoms with van der Waals surface area (Å²) < 4.78 is 26.0. The third kappa shape index (κ3) is 3.97. The zero-order chi connectivity index (χ0) is 17.2. The number of carbonyl (C=O) groups excluding carboxylic acids is 1. The van der Waals surface area contributed by atoms with E-state index < -0.39 is 10.0 Å². The van der Waals surface area contributed by atoms with E-state index in [1.807, 2.05) is 32.0 Å². The van der Waals surface area contributed by atoms with Crippen molar-refractivity contribution in [2.45, 2.75) is 25.7 Å². The van der Waals surface area contributed by atoms with Crippen LogP contribution in [-0.4, -0.2) is 21.4 Å². The third-order valence-electron chi connectivity index (χ3n) is 3.51. The van der Waals surface area contributed by atoms with Gasteiger partial charge in [-0.25, -0.2) is 13.1 Å². The zero-order valence-corrected chi connectivity index (χ0v) is 14.4. The molecule has 2 aromatic rings.